The summed E-state index contributed by atoms with van der Waals surface area (Å²) in [6.07, 6.45) is 21.3. The molecule has 1 heterocycles. The van der Waals surface area contributed by atoms with Crippen LogP contribution in [-0.2, 0) is 14.3 Å². The highest BCUT2D eigenvalue weighted by atomic mass is 16.6. The Bertz CT molecular complexity index is 338. The molecule has 0 aromatic rings. The molecule has 1 atom stereocenters. The van der Waals surface area contributed by atoms with E-state index in [-0.39, 0.29) is 17.9 Å². The summed E-state index contributed by atoms with van der Waals surface area (Å²) in [6, 6.07) is 0. The first-order chi connectivity index (χ1) is 11.7. The molecule has 1 aliphatic heterocycles. The summed E-state index contributed by atoms with van der Waals surface area (Å²) in [6.45, 7) is 2.27. The lowest BCUT2D eigenvalue weighted by Crippen LogP contribution is -2.06. The van der Waals surface area contributed by atoms with Crippen LogP contribution in [0.1, 0.15) is 116 Å². The second-order valence-corrected chi connectivity index (χ2v) is 7.43. The van der Waals surface area contributed by atoms with Crippen molar-refractivity contribution in [2.45, 2.75) is 116 Å². The molecule has 24 heavy (non-hydrogen) atoms. The largest absolute Gasteiger partial charge is 0.393 e. The molecule has 0 bridgehead atoms. The highest BCUT2D eigenvalue weighted by Crippen LogP contribution is 2.22. The average Bonchev–Trinajstić information content (AvgIpc) is 2.88. The fourth-order valence-electron chi connectivity index (χ4n) is 3.50. The molecule has 0 N–H and O–H groups in total. The summed E-state index contributed by atoms with van der Waals surface area (Å²) >= 11 is 0. The maximum Gasteiger partial charge on any atom is 0.317 e. The molecule has 1 saturated heterocycles. The first-order valence-electron chi connectivity index (χ1n) is 10.5. The molecule has 0 aliphatic carbocycles. The third-order valence-corrected chi connectivity index (χ3v) is 5.12. The predicted molar refractivity (Wildman–Crippen MR) is 98.8 cm³/mol. The minimum absolute atomic E-state index is 0.153. The van der Waals surface area contributed by atoms with Gasteiger partial charge in [0.15, 0.2) is 0 Å². The van der Waals surface area contributed by atoms with Gasteiger partial charge in [0.25, 0.3) is 0 Å². The number of cyclic esters (lactones) is 2. The first-order valence-corrected chi connectivity index (χ1v) is 10.5. The van der Waals surface area contributed by atoms with Crippen LogP contribution in [0.15, 0.2) is 0 Å². The van der Waals surface area contributed by atoms with Crippen molar-refractivity contribution in [2.75, 3.05) is 0 Å². The zero-order valence-electron chi connectivity index (χ0n) is 15.8. The summed E-state index contributed by atoms with van der Waals surface area (Å²) in [4.78, 5) is 22.3. The van der Waals surface area contributed by atoms with E-state index in [0.29, 0.717) is 6.42 Å². The lowest BCUT2D eigenvalue weighted by atomic mass is 9.98. The molecule has 0 radical (unpaired) electrons. The van der Waals surface area contributed by atoms with Gasteiger partial charge in [0.2, 0.25) is 0 Å². The van der Waals surface area contributed by atoms with Gasteiger partial charge in [-0.2, -0.15) is 0 Å². The van der Waals surface area contributed by atoms with E-state index < -0.39 is 0 Å². The molecule has 1 rings (SSSR count). The van der Waals surface area contributed by atoms with E-state index in [1.807, 2.05) is 0 Å². The summed E-state index contributed by atoms with van der Waals surface area (Å²) < 4.78 is 4.57. The minimum atomic E-state index is -0.342. The van der Waals surface area contributed by atoms with Gasteiger partial charge < -0.3 is 4.74 Å². The van der Waals surface area contributed by atoms with Crippen LogP contribution < -0.4 is 0 Å². The number of carbonyl (C=O) groups is 2. The van der Waals surface area contributed by atoms with E-state index in [0.717, 1.165) is 12.8 Å². The van der Waals surface area contributed by atoms with Crippen molar-refractivity contribution in [3.05, 3.63) is 0 Å². The molecule has 3 heteroatoms. The van der Waals surface area contributed by atoms with Crippen molar-refractivity contribution < 1.29 is 14.3 Å². The maximum atomic E-state index is 11.3. The van der Waals surface area contributed by atoms with Crippen molar-refractivity contribution in [3.8, 4) is 0 Å². The van der Waals surface area contributed by atoms with Gasteiger partial charge in [0, 0.05) is 0 Å². The number of hydrogen-bond acceptors (Lipinski definition) is 3. The molecule has 0 saturated carbocycles. The van der Waals surface area contributed by atoms with Crippen molar-refractivity contribution in [1.29, 1.82) is 0 Å². The van der Waals surface area contributed by atoms with Gasteiger partial charge in [0.1, 0.15) is 0 Å². The highest BCUT2D eigenvalue weighted by Gasteiger charge is 2.32. The number of esters is 2. The van der Waals surface area contributed by atoms with Gasteiger partial charge in [-0.1, -0.05) is 103 Å². The first kappa shape index (κ1) is 21.2. The zero-order chi connectivity index (χ0) is 17.5. The van der Waals surface area contributed by atoms with Crippen molar-refractivity contribution in [1.82, 2.24) is 0 Å². The molecule has 1 fully saturated rings. The van der Waals surface area contributed by atoms with Gasteiger partial charge in [-0.25, -0.2) is 0 Å². The Morgan fingerprint density at radius 3 is 1.50 bits per heavy atom. The fraction of sp³-hybridized carbons (Fsp3) is 0.905. The third-order valence-electron chi connectivity index (χ3n) is 5.12. The quantitative estimate of drug-likeness (QED) is 0.187. The zero-order valence-corrected chi connectivity index (χ0v) is 15.8. The van der Waals surface area contributed by atoms with Crippen molar-refractivity contribution in [3.63, 3.8) is 0 Å². The van der Waals surface area contributed by atoms with Gasteiger partial charge in [-0.15, -0.1) is 0 Å². The monoisotopic (exact) mass is 338 g/mol. The summed E-state index contributed by atoms with van der Waals surface area (Å²) in [5.74, 6) is -0.796. The second kappa shape index (κ2) is 14.5. The maximum absolute atomic E-state index is 11.3. The topological polar surface area (TPSA) is 43.4 Å². The van der Waals surface area contributed by atoms with E-state index in [2.05, 4.69) is 11.7 Å². The summed E-state index contributed by atoms with van der Waals surface area (Å²) in [7, 11) is 0. The molecule has 0 amide bonds. The SMILES string of the molecule is CCCCCCCCCCCCCCCCCC1CC(=O)OC1=O. The number of hydrogen-bond donors (Lipinski definition) is 0. The van der Waals surface area contributed by atoms with Crippen molar-refractivity contribution in [2.24, 2.45) is 5.92 Å². The standard InChI is InChI=1S/C21H38O3/c1-2-3-4-5-6-7-8-9-10-11-12-13-14-15-16-17-19-18-20(22)24-21(19)23/h19H,2-18H2,1H3. The molecule has 3 nitrogen and oxygen atoms in total. The molecule has 0 aromatic heterocycles. The van der Waals surface area contributed by atoms with Crippen LogP contribution in [-0.4, -0.2) is 11.9 Å². The van der Waals surface area contributed by atoms with Gasteiger partial charge >= 0.3 is 11.9 Å². The van der Waals surface area contributed by atoms with Crippen LogP contribution in [0.5, 0.6) is 0 Å². The van der Waals surface area contributed by atoms with E-state index in [4.69, 9.17) is 0 Å². The Labute approximate surface area is 148 Å². The van der Waals surface area contributed by atoms with Crippen LogP contribution in [0.25, 0.3) is 0 Å². The lowest BCUT2D eigenvalue weighted by Gasteiger charge is -2.05. The Morgan fingerprint density at radius 2 is 1.12 bits per heavy atom. The van der Waals surface area contributed by atoms with Crippen LogP contribution in [0.2, 0.25) is 0 Å². The highest BCUT2D eigenvalue weighted by molar-refractivity contribution is 5.94. The lowest BCUT2D eigenvalue weighted by molar-refractivity contribution is -0.153. The Morgan fingerprint density at radius 1 is 0.708 bits per heavy atom. The minimum Gasteiger partial charge on any atom is -0.393 e. The van der Waals surface area contributed by atoms with E-state index in [1.54, 1.807) is 0 Å². The van der Waals surface area contributed by atoms with Gasteiger partial charge in [-0.3, -0.25) is 9.59 Å². The van der Waals surface area contributed by atoms with E-state index >= 15 is 0 Å². The van der Waals surface area contributed by atoms with Crippen LogP contribution >= 0.6 is 0 Å². The number of unbranched alkanes of at least 4 members (excludes halogenated alkanes) is 14. The van der Waals surface area contributed by atoms with Crippen LogP contribution in [0.3, 0.4) is 0 Å². The fourth-order valence-corrected chi connectivity index (χ4v) is 3.50. The molecular formula is C21H38O3. The molecule has 0 aromatic carbocycles. The smallest absolute Gasteiger partial charge is 0.317 e. The second-order valence-electron chi connectivity index (χ2n) is 7.43. The summed E-state index contributed by atoms with van der Waals surface area (Å²) in [5.41, 5.74) is 0. The van der Waals surface area contributed by atoms with E-state index in [1.165, 1.54) is 89.9 Å². The van der Waals surface area contributed by atoms with Gasteiger partial charge in [-0.05, 0) is 6.42 Å². The molecule has 1 aliphatic rings. The number of ether oxygens (including phenoxy) is 1. The third kappa shape index (κ3) is 10.8. The van der Waals surface area contributed by atoms with Crippen LogP contribution in [0.4, 0.5) is 0 Å². The van der Waals surface area contributed by atoms with Crippen LogP contribution in [0, 0.1) is 5.92 Å². The van der Waals surface area contributed by atoms with E-state index in [9.17, 15) is 9.59 Å². The molecule has 140 valence electrons. The average molecular weight is 339 g/mol. The summed E-state index contributed by atoms with van der Waals surface area (Å²) in [5, 5.41) is 0. The Balaban J connectivity index is 1.73. The molecular weight excluding hydrogens is 300 g/mol. The molecule has 0 spiro atoms. The Kier molecular flexibility index (Phi) is 12.8. The number of rotatable bonds is 16. The predicted octanol–water partition coefficient (Wildman–Crippen LogP) is 6.34. The van der Waals surface area contributed by atoms with Gasteiger partial charge in [0.05, 0.1) is 12.3 Å². The Hall–Kier alpha value is -0.860. The van der Waals surface area contributed by atoms with Crippen molar-refractivity contribution >= 4 is 11.9 Å². The molecule has 1 unspecified atom stereocenters. The normalized spacial score (nSPS) is 17.5. The number of carbonyl (C=O) groups excluding carboxylic acids is 2.